The molecule has 0 saturated carbocycles. The van der Waals surface area contributed by atoms with Gasteiger partial charge in [-0.25, -0.2) is 4.68 Å². The summed E-state index contributed by atoms with van der Waals surface area (Å²) in [5.41, 5.74) is -2.01. The Balaban J connectivity index is 1.42. The Morgan fingerprint density at radius 1 is 0.894 bits per heavy atom. The molecular weight excluding hydrogens is 628 g/mol. The maximum Gasteiger partial charge on any atom is 0.416 e. The molecule has 0 aliphatic carbocycles. The van der Waals surface area contributed by atoms with Crippen LogP contribution in [0.3, 0.4) is 0 Å². The minimum Gasteiger partial charge on any atom is -0.468 e. The van der Waals surface area contributed by atoms with E-state index in [0.29, 0.717) is 43.8 Å². The third-order valence-electron chi connectivity index (χ3n) is 9.13. The lowest BCUT2D eigenvalue weighted by molar-refractivity contribution is -0.144. The van der Waals surface area contributed by atoms with Gasteiger partial charge in [-0.15, -0.1) is 5.10 Å². The molecule has 47 heavy (non-hydrogen) atoms. The number of tetrazole rings is 1. The smallest absolute Gasteiger partial charge is 0.416 e. The fourth-order valence-electron chi connectivity index (χ4n) is 7.13. The van der Waals surface area contributed by atoms with Crippen LogP contribution >= 0.6 is 0 Å². The molecule has 2 fully saturated rings. The molecule has 248 valence electrons. The fourth-order valence-corrected chi connectivity index (χ4v) is 7.13. The van der Waals surface area contributed by atoms with Gasteiger partial charge in [-0.05, 0) is 64.6 Å². The Morgan fingerprint density at radius 3 is 2.15 bits per heavy atom. The second-order valence-electron chi connectivity index (χ2n) is 11.8. The number of fused-ring (bicyclic) bond motifs is 2. The van der Waals surface area contributed by atoms with Gasteiger partial charge in [0.1, 0.15) is 6.54 Å². The number of carbonyl (C=O) groups excluding carboxylic acids is 1. The summed E-state index contributed by atoms with van der Waals surface area (Å²) in [5, 5.41) is 12.2. The van der Waals surface area contributed by atoms with Gasteiger partial charge in [-0.3, -0.25) is 9.69 Å². The van der Waals surface area contributed by atoms with Crippen LogP contribution in [0, 0.1) is 0 Å². The minimum absolute atomic E-state index is 0.113. The molecular formula is C33H31F6N5O3. The summed E-state index contributed by atoms with van der Waals surface area (Å²) in [6.45, 7) is -0.200. The number of carbonyl (C=O) groups is 1. The van der Waals surface area contributed by atoms with Crippen LogP contribution in [0.4, 0.5) is 26.3 Å². The topological polar surface area (TPSA) is 82.4 Å². The monoisotopic (exact) mass is 659 g/mol. The van der Waals surface area contributed by atoms with E-state index >= 15 is 0 Å². The Kier molecular flexibility index (Phi) is 8.83. The van der Waals surface area contributed by atoms with Crippen molar-refractivity contribution >= 4 is 5.97 Å². The summed E-state index contributed by atoms with van der Waals surface area (Å²) in [6.07, 6.45) is -9.14. The molecule has 4 aromatic rings. The predicted octanol–water partition coefficient (Wildman–Crippen LogP) is 6.52. The standard InChI is InChI=1S/C33H31F6N5O3/c1-46-29(45)19-44-30(40-41-42-44)26-17-31(23-10-6-3-7-11-23)28(13-12-27(26)43(31)18-21-8-4-2-5-9-21)47-20-22-14-24(32(34,35)36)16-25(15-22)33(37,38)39/h2-11,14-16,26-28H,12-13,17-20H2,1H3. The first-order chi connectivity index (χ1) is 22.4. The first-order valence-corrected chi connectivity index (χ1v) is 15.0. The number of piperidine rings is 1. The van der Waals surface area contributed by atoms with Crippen molar-refractivity contribution in [1.82, 2.24) is 25.1 Å². The molecule has 4 atom stereocenters. The van der Waals surface area contributed by atoms with E-state index in [1.165, 1.54) is 11.8 Å². The number of benzene rings is 3. The molecule has 3 aromatic carbocycles. The number of halogens is 6. The lowest BCUT2D eigenvalue weighted by atomic mass is 9.78. The highest BCUT2D eigenvalue weighted by Crippen LogP contribution is 2.57. The summed E-state index contributed by atoms with van der Waals surface area (Å²) < 4.78 is 94.5. The van der Waals surface area contributed by atoms with Crippen molar-refractivity contribution in [2.75, 3.05) is 7.11 Å². The summed E-state index contributed by atoms with van der Waals surface area (Å²) in [4.78, 5) is 14.5. The molecule has 4 unspecified atom stereocenters. The molecule has 8 nitrogen and oxygen atoms in total. The Morgan fingerprint density at radius 2 is 1.53 bits per heavy atom. The van der Waals surface area contributed by atoms with Gasteiger partial charge in [0, 0.05) is 18.5 Å². The van der Waals surface area contributed by atoms with Crippen LogP contribution < -0.4 is 0 Å². The van der Waals surface area contributed by atoms with Crippen molar-refractivity contribution < 1.29 is 40.6 Å². The zero-order chi connectivity index (χ0) is 33.4. The number of hydrogen-bond acceptors (Lipinski definition) is 7. The highest BCUT2D eigenvalue weighted by atomic mass is 19.4. The van der Waals surface area contributed by atoms with Crippen molar-refractivity contribution in [1.29, 1.82) is 0 Å². The largest absolute Gasteiger partial charge is 0.468 e. The van der Waals surface area contributed by atoms with Crippen LogP contribution in [0.5, 0.6) is 0 Å². The van der Waals surface area contributed by atoms with E-state index in [1.807, 2.05) is 60.7 Å². The maximum atomic E-state index is 13.6. The van der Waals surface area contributed by atoms with Crippen LogP contribution in [0.2, 0.25) is 0 Å². The average Bonchev–Trinajstić information content (AvgIpc) is 3.58. The van der Waals surface area contributed by atoms with E-state index in [2.05, 4.69) is 20.4 Å². The summed E-state index contributed by atoms with van der Waals surface area (Å²) in [7, 11) is 1.27. The molecule has 3 heterocycles. The Labute approximate surface area is 266 Å². The van der Waals surface area contributed by atoms with Gasteiger partial charge >= 0.3 is 18.3 Å². The van der Waals surface area contributed by atoms with Gasteiger partial charge in [0.05, 0.1) is 36.5 Å². The SMILES string of the molecule is COC(=O)Cn1nnnc1C1CC2(c3ccccc3)C(OCc3cc(C(F)(F)F)cc(C(F)(F)F)c3)CCC1N2Cc1ccccc1. The molecule has 2 saturated heterocycles. The van der Waals surface area contributed by atoms with E-state index in [-0.39, 0.29) is 30.1 Å². The molecule has 14 heteroatoms. The van der Waals surface area contributed by atoms with Gasteiger partial charge in [-0.2, -0.15) is 26.3 Å². The first kappa shape index (κ1) is 32.6. The summed E-state index contributed by atoms with van der Waals surface area (Å²) in [5.74, 6) is -0.346. The molecule has 0 spiro atoms. The number of rotatable bonds is 9. The predicted molar refractivity (Wildman–Crippen MR) is 155 cm³/mol. The van der Waals surface area contributed by atoms with E-state index in [9.17, 15) is 31.1 Å². The van der Waals surface area contributed by atoms with Crippen molar-refractivity contribution in [2.24, 2.45) is 0 Å². The van der Waals surface area contributed by atoms with Crippen molar-refractivity contribution in [2.45, 2.75) is 74.9 Å². The van der Waals surface area contributed by atoms with E-state index < -0.39 is 47.7 Å². The van der Waals surface area contributed by atoms with Crippen LogP contribution in [0.25, 0.3) is 0 Å². The molecule has 0 radical (unpaired) electrons. The maximum absolute atomic E-state index is 13.6. The quantitative estimate of drug-likeness (QED) is 0.150. The van der Waals surface area contributed by atoms with E-state index in [0.717, 1.165) is 11.1 Å². The van der Waals surface area contributed by atoms with E-state index in [1.54, 1.807) is 0 Å². The Bertz CT molecular complexity index is 1670. The summed E-state index contributed by atoms with van der Waals surface area (Å²) >= 11 is 0. The molecule has 2 aliphatic heterocycles. The number of ether oxygens (including phenoxy) is 2. The normalized spacial score (nSPS) is 23.2. The van der Waals surface area contributed by atoms with Crippen LogP contribution in [0.1, 0.15) is 58.8 Å². The average molecular weight is 660 g/mol. The lowest BCUT2D eigenvalue weighted by Crippen LogP contribution is -2.56. The number of aromatic nitrogens is 4. The zero-order valence-corrected chi connectivity index (χ0v) is 25.2. The summed E-state index contributed by atoms with van der Waals surface area (Å²) in [6, 6.07) is 20.6. The second-order valence-corrected chi connectivity index (χ2v) is 11.8. The van der Waals surface area contributed by atoms with Crippen LogP contribution in [-0.4, -0.2) is 50.3 Å². The second kappa shape index (κ2) is 12.7. The van der Waals surface area contributed by atoms with Crippen molar-refractivity contribution in [3.8, 4) is 0 Å². The van der Waals surface area contributed by atoms with Gasteiger partial charge in [-0.1, -0.05) is 60.7 Å². The highest BCUT2D eigenvalue weighted by Gasteiger charge is 2.61. The van der Waals surface area contributed by atoms with Gasteiger partial charge in [0.25, 0.3) is 0 Å². The molecule has 1 aromatic heterocycles. The lowest BCUT2D eigenvalue weighted by Gasteiger charge is -2.50. The number of esters is 1. The Hall–Kier alpha value is -4.30. The zero-order valence-electron chi connectivity index (χ0n) is 25.2. The first-order valence-electron chi connectivity index (χ1n) is 15.0. The molecule has 2 aliphatic rings. The van der Waals surface area contributed by atoms with Gasteiger partial charge in [0.2, 0.25) is 0 Å². The number of alkyl halides is 6. The third kappa shape index (κ3) is 6.48. The number of hydrogen-bond donors (Lipinski definition) is 0. The molecule has 0 N–H and O–H groups in total. The van der Waals surface area contributed by atoms with Crippen molar-refractivity contribution in [3.05, 3.63) is 113 Å². The number of nitrogens with zero attached hydrogens (tertiary/aromatic N) is 5. The van der Waals surface area contributed by atoms with Crippen LogP contribution in [-0.2, 0) is 51.9 Å². The van der Waals surface area contributed by atoms with Gasteiger partial charge < -0.3 is 9.47 Å². The van der Waals surface area contributed by atoms with Crippen molar-refractivity contribution in [3.63, 3.8) is 0 Å². The van der Waals surface area contributed by atoms with E-state index in [4.69, 9.17) is 9.47 Å². The highest BCUT2D eigenvalue weighted by molar-refractivity contribution is 5.68. The molecule has 2 bridgehead atoms. The number of methoxy groups -OCH3 is 1. The van der Waals surface area contributed by atoms with Gasteiger partial charge in [0.15, 0.2) is 5.82 Å². The minimum atomic E-state index is -4.97. The van der Waals surface area contributed by atoms with Crippen LogP contribution in [0.15, 0.2) is 78.9 Å². The third-order valence-corrected chi connectivity index (χ3v) is 9.13. The molecule has 6 rings (SSSR count). The molecule has 0 amide bonds. The fraction of sp³-hybridized carbons (Fsp3) is 0.394.